The number of hydrogen-bond acceptors (Lipinski definition) is 5. The average Bonchev–Trinajstić information content (AvgIpc) is 3.52. The van der Waals surface area contributed by atoms with Crippen molar-refractivity contribution in [2.45, 2.75) is 37.8 Å². The maximum absolute atomic E-state index is 15.3. The van der Waals surface area contributed by atoms with E-state index >= 15 is 4.39 Å². The molecule has 0 radical (unpaired) electrons. The molecule has 12 heteroatoms. The number of ether oxygens (including phenoxy) is 1. The number of hydrogen-bond donors (Lipinski definition) is 2. The summed E-state index contributed by atoms with van der Waals surface area (Å²) in [6.45, 7) is 2.40. The van der Waals surface area contributed by atoms with Crippen molar-refractivity contribution in [1.82, 2.24) is 9.88 Å². The number of anilines is 1. The molecule has 3 aliphatic rings. The van der Waals surface area contributed by atoms with E-state index in [0.29, 0.717) is 35.5 Å². The van der Waals surface area contributed by atoms with Gasteiger partial charge in [0.2, 0.25) is 5.43 Å². The van der Waals surface area contributed by atoms with Gasteiger partial charge in [-0.25, -0.2) is 9.18 Å². The van der Waals surface area contributed by atoms with Crippen LogP contribution in [-0.4, -0.2) is 48.4 Å². The van der Waals surface area contributed by atoms with Gasteiger partial charge in [-0.15, -0.1) is 12.4 Å². The molecule has 2 saturated heterocycles. The number of aromatic carboxylic acids is 1. The number of piperidine rings is 1. The first-order valence-electron chi connectivity index (χ1n) is 10.4. The van der Waals surface area contributed by atoms with Gasteiger partial charge in [0.05, 0.1) is 18.0 Å². The van der Waals surface area contributed by atoms with Crippen molar-refractivity contribution in [2.75, 3.05) is 31.6 Å². The number of pyridine rings is 1. The second-order valence-electron chi connectivity index (χ2n) is 8.36. The van der Waals surface area contributed by atoms with Gasteiger partial charge in [-0.3, -0.25) is 4.79 Å². The molecule has 0 unspecified atom stereocenters. The van der Waals surface area contributed by atoms with Crippen LogP contribution in [0.3, 0.4) is 0 Å². The first-order valence-corrected chi connectivity index (χ1v) is 13.0. The van der Waals surface area contributed by atoms with E-state index in [4.69, 9.17) is 4.74 Å². The summed E-state index contributed by atoms with van der Waals surface area (Å²) in [6, 6.07) is 1.62. The Hall–Kier alpha value is -1.22. The molecule has 0 spiro atoms. The van der Waals surface area contributed by atoms with Crippen molar-refractivity contribution >= 4 is 55.2 Å². The summed E-state index contributed by atoms with van der Waals surface area (Å²) >= 11 is 0.757. The third-order valence-corrected chi connectivity index (χ3v) is 6.49. The first-order chi connectivity index (χ1) is 15.4. The van der Waals surface area contributed by atoms with Crippen molar-refractivity contribution in [2.24, 2.45) is 5.92 Å². The Kier molecular flexibility index (Phi) is 8.81. The van der Waals surface area contributed by atoms with Gasteiger partial charge in [-0.1, -0.05) is 0 Å². The minimum absolute atomic E-state index is 0. The fourth-order valence-corrected chi connectivity index (χ4v) is 4.95. The zero-order valence-corrected chi connectivity index (χ0v) is 21.0. The molecular weight excluding hydrogens is 547 g/mol. The Morgan fingerprint density at radius 1 is 1.30 bits per heavy atom. The fourth-order valence-electron chi connectivity index (χ4n) is 4.95. The standard InChI is InChI=1S/C21H24FN3O4.3ClH.Cu/c1-29-20-17-13(19(26)14(21(27)28)9-25(17)12-4-5-12)7-15(22)18(20)24-8-11-3-2-6-23-16(11)10-24;;;;/h7,9,11-12,16,23H,2-6,8,10H2,1H3,(H,27,28);3*1H;/q;;;;+2/p-2/t11-,16+;;;;/m0..../s1. The summed E-state index contributed by atoms with van der Waals surface area (Å²) in [4.78, 5) is 26.4. The van der Waals surface area contributed by atoms with Gasteiger partial charge in [0.15, 0.2) is 11.6 Å². The number of methoxy groups -OCH3 is 1. The zero-order valence-electron chi connectivity index (χ0n) is 17.7. The molecule has 7 nitrogen and oxygen atoms in total. The molecule has 5 rings (SSSR count). The molecule has 3 fully saturated rings. The number of carboxylic acid groups (broad SMARTS) is 1. The molecule has 187 valence electrons. The Bertz CT molecular complexity index is 1080. The number of carbonyl (C=O) groups is 1. The molecule has 1 aliphatic carbocycles. The Morgan fingerprint density at radius 2 is 2.00 bits per heavy atom. The first kappa shape index (κ1) is 26.4. The molecule has 1 saturated carbocycles. The summed E-state index contributed by atoms with van der Waals surface area (Å²) in [5.41, 5.74) is -0.155. The number of nitrogens with zero attached hydrogens (tertiary/aromatic N) is 2. The molecule has 33 heavy (non-hydrogen) atoms. The summed E-state index contributed by atoms with van der Waals surface area (Å²) in [7, 11) is 10.8. The van der Waals surface area contributed by atoms with E-state index in [1.54, 1.807) is 4.57 Å². The van der Waals surface area contributed by atoms with E-state index in [1.165, 1.54) is 19.4 Å². The van der Waals surface area contributed by atoms with Crippen molar-refractivity contribution in [3.05, 3.63) is 33.9 Å². The predicted octanol–water partition coefficient (Wildman–Crippen LogP) is 4.17. The number of aromatic nitrogens is 1. The predicted molar refractivity (Wildman–Crippen MR) is 126 cm³/mol. The molecule has 0 amide bonds. The van der Waals surface area contributed by atoms with Crippen LogP contribution in [0.2, 0.25) is 0 Å². The molecule has 1 aromatic carbocycles. The molecule has 1 aromatic heterocycles. The Morgan fingerprint density at radius 3 is 2.58 bits per heavy atom. The SMILES string of the molecule is COc1c(N2C[C@@H]3CCCN[C@@H]3C2)c(F)cc2c(=O)c(C(=O)O)cn(C3CC3)c12.Cl.[Cl][Cu][Cl]. The second kappa shape index (κ2) is 11.0. The Balaban J connectivity index is 0.000000728. The van der Waals surface area contributed by atoms with Gasteiger partial charge in [0, 0.05) is 31.4 Å². The van der Waals surface area contributed by atoms with Crippen LogP contribution in [0.25, 0.3) is 10.9 Å². The van der Waals surface area contributed by atoms with Gasteiger partial charge >= 0.3 is 39.3 Å². The van der Waals surface area contributed by atoms with Gasteiger partial charge < -0.3 is 24.6 Å². The minimum atomic E-state index is -1.30. The summed E-state index contributed by atoms with van der Waals surface area (Å²) < 4.78 is 22.8. The molecular formula is C21H25Cl3CuFN3O4. The van der Waals surface area contributed by atoms with Crippen molar-refractivity contribution in [1.29, 1.82) is 0 Å². The monoisotopic (exact) mass is 570 g/mol. The number of halogens is 4. The van der Waals surface area contributed by atoms with E-state index in [2.05, 4.69) is 25.5 Å². The van der Waals surface area contributed by atoms with Crippen LogP contribution in [-0.2, 0) is 13.1 Å². The molecule has 2 atom stereocenters. The number of nitrogens with one attached hydrogen (secondary N) is 1. The van der Waals surface area contributed by atoms with Gasteiger partial charge in [-0.05, 0) is 44.2 Å². The number of carboxylic acids is 1. The van der Waals surface area contributed by atoms with E-state index < -0.39 is 17.2 Å². The van der Waals surface area contributed by atoms with Crippen LogP contribution in [0.15, 0.2) is 17.1 Å². The second-order valence-corrected chi connectivity index (χ2v) is 9.92. The van der Waals surface area contributed by atoms with Crippen LogP contribution >= 0.6 is 32.6 Å². The summed E-state index contributed by atoms with van der Waals surface area (Å²) in [5.74, 6) is -1.07. The third kappa shape index (κ3) is 5.09. The van der Waals surface area contributed by atoms with Crippen molar-refractivity contribution in [3.8, 4) is 5.75 Å². The van der Waals surface area contributed by atoms with E-state index in [0.717, 1.165) is 51.9 Å². The topological polar surface area (TPSA) is 83.8 Å². The maximum atomic E-state index is 15.3. The van der Waals surface area contributed by atoms with Crippen LogP contribution in [0.1, 0.15) is 42.1 Å². The Labute approximate surface area is 211 Å². The molecule has 2 aliphatic heterocycles. The zero-order chi connectivity index (χ0) is 23.0. The van der Waals surface area contributed by atoms with Crippen LogP contribution in [0.4, 0.5) is 10.1 Å². The average molecular weight is 572 g/mol. The van der Waals surface area contributed by atoms with Gasteiger partial charge in [0.1, 0.15) is 11.3 Å². The van der Waals surface area contributed by atoms with Crippen LogP contribution in [0.5, 0.6) is 5.75 Å². The number of rotatable bonds is 4. The summed E-state index contributed by atoms with van der Waals surface area (Å²) in [5, 5.41) is 13.0. The van der Waals surface area contributed by atoms with Crippen LogP contribution < -0.4 is 20.4 Å². The molecule has 0 bridgehead atoms. The number of benzene rings is 1. The van der Waals surface area contributed by atoms with Gasteiger partial charge in [-0.2, -0.15) is 0 Å². The van der Waals surface area contributed by atoms with Crippen molar-refractivity contribution < 1.29 is 32.2 Å². The van der Waals surface area contributed by atoms with E-state index in [-0.39, 0.29) is 29.4 Å². The number of fused-ring (bicyclic) bond motifs is 2. The fraction of sp³-hybridized carbons (Fsp3) is 0.524. The summed E-state index contributed by atoms with van der Waals surface area (Å²) in [6.07, 6.45) is 5.40. The molecule has 2 N–H and O–H groups in total. The molecule has 3 heterocycles. The van der Waals surface area contributed by atoms with Crippen LogP contribution in [0, 0.1) is 11.7 Å². The third-order valence-electron chi connectivity index (χ3n) is 6.49. The van der Waals surface area contributed by atoms with Gasteiger partial charge in [0.25, 0.3) is 0 Å². The normalized spacial score (nSPS) is 21.8. The molecule has 2 aromatic rings. The van der Waals surface area contributed by atoms with E-state index in [9.17, 15) is 14.7 Å². The van der Waals surface area contributed by atoms with Crippen molar-refractivity contribution in [3.63, 3.8) is 0 Å². The van der Waals surface area contributed by atoms with E-state index in [1.807, 2.05) is 4.90 Å². The quantitative estimate of drug-likeness (QED) is 0.536.